The Bertz CT molecular complexity index is 596. The van der Waals surface area contributed by atoms with E-state index in [9.17, 15) is 9.59 Å². The molecule has 0 saturated heterocycles. The Morgan fingerprint density at radius 2 is 2.07 bits per heavy atom. The van der Waals surface area contributed by atoms with E-state index in [4.69, 9.17) is 0 Å². The molecule has 0 aliphatic carbocycles. The summed E-state index contributed by atoms with van der Waals surface area (Å²) in [5.74, 6) is -0.359. The minimum absolute atomic E-state index is 0.128. The summed E-state index contributed by atoms with van der Waals surface area (Å²) in [6.07, 6.45) is 1.14. The van der Waals surface area contributed by atoms with E-state index in [1.165, 1.54) is 0 Å². The molecule has 0 aliphatic rings. The molecule has 74 valence electrons. The summed E-state index contributed by atoms with van der Waals surface area (Å²) in [6, 6.07) is 8.89. The van der Waals surface area contributed by atoms with Gasteiger partial charge in [-0.2, -0.15) is 0 Å². The predicted octanol–water partition coefficient (Wildman–Crippen LogP) is 1.90. The van der Waals surface area contributed by atoms with Crippen LogP contribution >= 0.6 is 0 Å². The standard InChI is InChI=1S/C12H9NO2/c1-2-11(14)9-7-8-5-3-4-6-10(8)13-12(9)15/h2-7H,1H2,(H,13,15). The Morgan fingerprint density at radius 1 is 1.33 bits per heavy atom. The number of rotatable bonds is 2. The molecule has 0 spiro atoms. The van der Waals surface area contributed by atoms with Crippen molar-refractivity contribution in [3.8, 4) is 0 Å². The van der Waals surface area contributed by atoms with Gasteiger partial charge in [0.15, 0.2) is 5.78 Å². The number of carbonyl (C=O) groups excluding carboxylic acids is 1. The predicted molar refractivity (Wildman–Crippen MR) is 59.1 cm³/mol. The Kier molecular flexibility index (Phi) is 2.21. The Labute approximate surface area is 86.1 Å². The molecule has 0 unspecified atom stereocenters. The molecule has 1 aromatic carbocycles. The van der Waals surface area contributed by atoms with E-state index in [1.54, 1.807) is 12.1 Å². The van der Waals surface area contributed by atoms with E-state index in [2.05, 4.69) is 11.6 Å². The Balaban J connectivity index is 2.78. The zero-order valence-corrected chi connectivity index (χ0v) is 7.99. The molecule has 0 saturated carbocycles. The van der Waals surface area contributed by atoms with Crippen LogP contribution in [0.15, 0.2) is 47.8 Å². The van der Waals surface area contributed by atoms with Gasteiger partial charge in [0.05, 0.1) is 5.56 Å². The first-order valence-corrected chi connectivity index (χ1v) is 4.51. The summed E-state index contributed by atoms with van der Waals surface area (Å²) < 4.78 is 0. The van der Waals surface area contributed by atoms with Gasteiger partial charge in [-0.15, -0.1) is 0 Å². The summed E-state index contributed by atoms with van der Waals surface area (Å²) >= 11 is 0. The minimum atomic E-state index is -0.376. The maximum absolute atomic E-state index is 11.5. The lowest BCUT2D eigenvalue weighted by Crippen LogP contribution is -2.15. The van der Waals surface area contributed by atoms with Gasteiger partial charge >= 0.3 is 0 Å². The quantitative estimate of drug-likeness (QED) is 0.593. The Hall–Kier alpha value is -2.16. The SMILES string of the molecule is C=CC(=O)c1cc2ccccc2[nH]c1=O. The van der Waals surface area contributed by atoms with Crippen molar-refractivity contribution in [3.63, 3.8) is 0 Å². The third-order valence-electron chi connectivity index (χ3n) is 2.20. The van der Waals surface area contributed by atoms with Gasteiger partial charge < -0.3 is 4.98 Å². The van der Waals surface area contributed by atoms with Gasteiger partial charge in [-0.3, -0.25) is 9.59 Å². The number of H-pyrrole nitrogens is 1. The van der Waals surface area contributed by atoms with Crippen molar-refractivity contribution < 1.29 is 4.79 Å². The van der Waals surface area contributed by atoms with E-state index >= 15 is 0 Å². The van der Waals surface area contributed by atoms with Crippen molar-refractivity contribution in [1.82, 2.24) is 4.98 Å². The van der Waals surface area contributed by atoms with Gasteiger partial charge in [-0.25, -0.2) is 0 Å². The maximum atomic E-state index is 11.5. The molecule has 3 nitrogen and oxygen atoms in total. The number of hydrogen-bond acceptors (Lipinski definition) is 2. The fourth-order valence-electron chi connectivity index (χ4n) is 1.44. The van der Waals surface area contributed by atoms with Gasteiger partial charge in [-0.05, 0) is 23.6 Å². The summed E-state index contributed by atoms with van der Waals surface area (Å²) in [5.41, 5.74) is 0.477. The molecule has 3 heteroatoms. The lowest BCUT2D eigenvalue weighted by Gasteiger charge is -1.99. The topological polar surface area (TPSA) is 49.9 Å². The second-order valence-corrected chi connectivity index (χ2v) is 3.17. The van der Waals surface area contributed by atoms with Crippen LogP contribution in [0.1, 0.15) is 10.4 Å². The molecule has 1 aromatic heterocycles. The van der Waals surface area contributed by atoms with E-state index < -0.39 is 0 Å². The number of ketones is 1. The second kappa shape index (κ2) is 3.53. The van der Waals surface area contributed by atoms with E-state index in [0.717, 1.165) is 17.0 Å². The third kappa shape index (κ3) is 1.59. The average molecular weight is 199 g/mol. The molecule has 1 heterocycles. The van der Waals surface area contributed by atoms with Crippen LogP contribution in [0, 0.1) is 0 Å². The monoisotopic (exact) mass is 199 g/mol. The normalized spacial score (nSPS) is 10.1. The molecular formula is C12H9NO2. The fourth-order valence-corrected chi connectivity index (χ4v) is 1.44. The highest BCUT2D eigenvalue weighted by Gasteiger charge is 2.07. The van der Waals surface area contributed by atoms with Crippen molar-refractivity contribution >= 4 is 16.7 Å². The average Bonchev–Trinajstić information content (AvgIpc) is 2.27. The number of allylic oxidation sites excluding steroid dienone is 1. The van der Waals surface area contributed by atoms with Crippen molar-refractivity contribution in [2.45, 2.75) is 0 Å². The number of aromatic nitrogens is 1. The molecule has 0 aliphatic heterocycles. The maximum Gasteiger partial charge on any atom is 0.259 e. The highest BCUT2D eigenvalue weighted by Crippen LogP contribution is 2.10. The van der Waals surface area contributed by atoms with Crippen LogP contribution < -0.4 is 5.56 Å². The van der Waals surface area contributed by atoms with E-state index in [0.29, 0.717) is 0 Å². The number of para-hydroxylation sites is 1. The summed E-state index contributed by atoms with van der Waals surface area (Å²) in [6.45, 7) is 3.36. The first kappa shape index (κ1) is 9.40. The first-order valence-electron chi connectivity index (χ1n) is 4.51. The zero-order valence-electron chi connectivity index (χ0n) is 7.99. The zero-order chi connectivity index (χ0) is 10.8. The Morgan fingerprint density at radius 3 is 2.80 bits per heavy atom. The highest BCUT2D eigenvalue weighted by molar-refractivity contribution is 6.05. The van der Waals surface area contributed by atoms with Crippen LogP contribution in [0.2, 0.25) is 0 Å². The van der Waals surface area contributed by atoms with E-state index in [-0.39, 0.29) is 16.9 Å². The molecule has 0 fully saturated rings. The van der Waals surface area contributed by atoms with Gasteiger partial charge in [0.2, 0.25) is 0 Å². The summed E-state index contributed by atoms with van der Waals surface area (Å²) in [4.78, 5) is 25.5. The van der Waals surface area contributed by atoms with Crippen LogP contribution in [-0.4, -0.2) is 10.8 Å². The number of aromatic amines is 1. The third-order valence-corrected chi connectivity index (χ3v) is 2.20. The van der Waals surface area contributed by atoms with Crippen LogP contribution in [0.25, 0.3) is 10.9 Å². The number of benzene rings is 1. The molecule has 2 aromatic rings. The molecule has 15 heavy (non-hydrogen) atoms. The minimum Gasteiger partial charge on any atom is -0.321 e. The number of hydrogen-bond donors (Lipinski definition) is 1. The van der Waals surface area contributed by atoms with Crippen LogP contribution in [0.5, 0.6) is 0 Å². The summed E-state index contributed by atoms with van der Waals surface area (Å²) in [5, 5.41) is 0.835. The lowest BCUT2D eigenvalue weighted by molar-refractivity contribution is 0.104. The van der Waals surface area contributed by atoms with Crippen molar-refractivity contribution in [3.05, 3.63) is 58.9 Å². The second-order valence-electron chi connectivity index (χ2n) is 3.17. The first-order chi connectivity index (χ1) is 7.22. The molecule has 0 bridgehead atoms. The van der Waals surface area contributed by atoms with Crippen molar-refractivity contribution in [1.29, 1.82) is 0 Å². The lowest BCUT2D eigenvalue weighted by atomic mass is 10.1. The van der Waals surface area contributed by atoms with Gasteiger partial charge in [-0.1, -0.05) is 24.8 Å². The molecule has 0 radical (unpaired) electrons. The highest BCUT2D eigenvalue weighted by atomic mass is 16.1. The number of pyridine rings is 1. The van der Waals surface area contributed by atoms with Gasteiger partial charge in [0, 0.05) is 5.52 Å². The van der Waals surface area contributed by atoms with Gasteiger partial charge in [0.25, 0.3) is 5.56 Å². The van der Waals surface area contributed by atoms with Crippen molar-refractivity contribution in [2.24, 2.45) is 0 Å². The molecular weight excluding hydrogens is 190 g/mol. The molecule has 0 atom stereocenters. The summed E-state index contributed by atoms with van der Waals surface area (Å²) in [7, 11) is 0. The number of nitrogens with one attached hydrogen (secondary N) is 1. The van der Waals surface area contributed by atoms with Crippen molar-refractivity contribution in [2.75, 3.05) is 0 Å². The smallest absolute Gasteiger partial charge is 0.259 e. The largest absolute Gasteiger partial charge is 0.321 e. The van der Waals surface area contributed by atoms with Crippen LogP contribution in [0.3, 0.4) is 0 Å². The number of fused-ring (bicyclic) bond motifs is 1. The van der Waals surface area contributed by atoms with E-state index in [1.807, 2.05) is 18.2 Å². The molecule has 0 amide bonds. The molecule has 1 N–H and O–H groups in total. The fraction of sp³-hybridized carbons (Fsp3) is 0. The van der Waals surface area contributed by atoms with Crippen LogP contribution in [-0.2, 0) is 0 Å². The number of carbonyl (C=O) groups is 1. The van der Waals surface area contributed by atoms with Gasteiger partial charge in [0.1, 0.15) is 0 Å². The molecule has 2 rings (SSSR count). The van der Waals surface area contributed by atoms with Crippen LogP contribution in [0.4, 0.5) is 0 Å².